The predicted octanol–water partition coefficient (Wildman–Crippen LogP) is 2.73. The highest BCUT2D eigenvalue weighted by atomic mass is 32.2. The lowest BCUT2D eigenvalue weighted by Crippen LogP contribution is -2.03. The van der Waals surface area contributed by atoms with Crippen LogP contribution < -0.4 is 0 Å². The van der Waals surface area contributed by atoms with Gasteiger partial charge in [0.2, 0.25) is 0 Å². The van der Waals surface area contributed by atoms with E-state index in [1.807, 2.05) is 59.0 Å². The summed E-state index contributed by atoms with van der Waals surface area (Å²) >= 11 is 1.81. The first-order valence-corrected chi connectivity index (χ1v) is 7.23. The number of hydrogen-bond acceptors (Lipinski definition) is 3. The van der Waals surface area contributed by atoms with Gasteiger partial charge in [0.15, 0.2) is 0 Å². The molecule has 0 aliphatic carbocycles. The van der Waals surface area contributed by atoms with Gasteiger partial charge in [-0.15, -0.1) is 0 Å². The van der Waals surface area contributed by atoms with Crippen molar-refractivity contribution < 1.29 is 5.11 Å². The summed E-state index contributed by atoms with van der Waals surface area (Å²) in [5.41, 5.74) is 2.16. The molecular weight excluding hydrogens is 244 g/mol. The highest BCUT2D eigenvalue weighted by Gasteiger charge is 2.03. The van der Waals surface area contributed by atoms with Crippen LogP contribution in [0.2, 0.25) is 0 Å². The summed E-state index contributed by atoms with van der Waals surface area (Å²) in [7, 11) is 0. The molecule has 0 aliphatic rings. The minimum atomic E-state index is 0.255. The second-order valence-electron chi connectivity index (χ2n) is 4.39. The molecule has 0 bridgehead atoms. The summed E-state index contributed by atoms with van der Waals surface area (Å²) in [6.07, 6.45) is 1.99. The summed E-state index contributed by atoms with van der Waals surface area (Å²) in [6, 6.07) is 12.1. The van der Waals surface area contributed by atoms with E-state index in [2.05, 4.69) is 12.0 Å². The number of aliphatic hydroxyl groups excluding tert-OH is 1. The van der Waals surface area contributed by atoms with Gasteiger partial charge in [-0.25, -0.2) is 4.68 Å². The van der Waals surface area contributed by atoms with E-state index in [9.17, 15) is 0 Å². The molecule has 2 aromatic rings. The molecule has 1 heterocycles. The van der Waals surface area contributed by atoms with E-state index in [4.69, 9.17) is 5.11 Å². The fourth-order valence-corrected chi connectivity index (χ4v) is 2.57. The number of benzene rings is 1. The van der Waals surface area contributed by atoms with Gasteiger partial charge in [0.05, 0.1) is 11.4 Å². The summed E-state index contributed by atoms with van der Waals surface area (Å²) in [6.45, 7) is 2.31. The van der Waals surface area contributed by atoms with E-state index >= 15 is 0 Å². The van der Waals surface area contributed by atoms with E-state index in [-0.39, 0.29) is 6.61 Å². The molecule has 0 saturated heterocycles. The molecule has 0 amide bonds. The molecule has 0 spiro atoms. The van der Waals surface area contributed by atoms with Gasteiger partial charge in [-0.2, -0.15) is 16.9 Å². The Morgan fingerprint density at radius 2 is 2.06 bits per heavy atom. The molecule has 3 nitrogen and oxygen atoms in total. The Kier molecular flexibility index (Phi) is 4.84. The van der Waals surface area contributed by atoms with Crippen LogP contribution in [0.3, 0.4) is 0 Å². The Labute approximate surface area is 112 Å². The maximum atomic E-state index is 8.95. The topological polar surface area (TPSA) is 38.0 Å². The lowest BCUT2D eigenvalue weighted by atomic mass is 10.2. The molecule has 0 radical (unpaired) electrons. The van der Waals surface area contributed by atoms with Crippen LogP contribution in [0.15, 0.2) is 42.6 Å². The summed E-state index contributed by atoms with van der Waals surface area (Å²) < 4.78 is 1.89. The summed E-state index contributed by atoms with van der Waals surface area (Å²) in [5.74, 6) is 2.21. The summed E-state index contributed by atoms with van der Waals surface area (Å²) in [5, 5.41) is 13.5. The van der Waals surface area contributed by atoms with Crippen LogP contribution in [0, 0.1) is 5.92 Å². The molecule has 2 rings (SSSR count). The number of aromatic nitrogens is 2. The van der Waals surface area contributed by atoms with Gasteiger partial charge < -0.3 is 5.11 Å². The first-order chi connectivity index (χ1) is 8.79. The normalized spacial score (nSPS) is 12.6. The molecule has 1 aromatic heterocycles. The first kappa shape index (κ1) is 13.2. The second kappa shape index (κ2) is 6.61. The minimum Gasteiger partial charge on any atom is -0.396 e. The zero-order chi connectivity index (χ0) is 12.8. The number of nitrogens with zero attached hydrogens (tertiary/aromatic N) is 2. The molecule has 1 aromatic carbocycles. The van der Waals surface area contributed by atoms with Gasteiger partial charge in [0.1, 0.15) is 0 Å². The molecule has 0 fully saturated rings. The SMILES string of the molecule is CC(CO)CSCc1ccn(-c2ccccc2)n1. The molecule has 1 unspecified atom stereocenters. The second-order valence-corrected chi connectivity index (χ2v) is 5.42. The Morgan fingerprint density at radius 3 is 2.78 bits per heavy atom. The van der Waals surface area contributed by atoms with Crippen LogP contribution in [0.1, 0.15) is 12.6 Å². The maximum Gasteiger partial charge on any atom is 0.0727 e. The highest BCUT2D eigenvalue weighted by molar-refractivity contribution is 7.98. The zero-order valence-corrected chi connectivity index (χ0v) is 11.3. The van der Waals surface area contributed by atoms with Crippen molar-refractivity contribution in [1.82, 2.24) is 9.78 Å². The molecular formula is C14H18N2OS. The molecule has 0 aliphatic heterocycles. The van der Waals surface area contributed by atoms with Gasteiger partial charge in [0.25, 0.3) is 0 Å². The van der Waals surface area contributed by atoms with Crippen molar-refractivity contribution in [3.05, 3.63) is 48.3 Å². The number of para-hydroxylation sites is 1. The van der Waals surface area contributed by atoms with Gasteiger partial charge in [-0.3, -0.25) is 0 Å². The van der Waals surface area contributed by atoms with Crippen LogP contribution >= 0.6 is 11.8 Å². The van der Waals surface area contributed by atoms with Gasteiger partial charge in [0, 0.05) is 18.6 Å². The highest BCUT2D eigenvalue weighted by Crippen LogP contribution is 2.15. The average Bonchev–Trinajstić information content (AvgIpc) is 2.88. The van der Waals surface area contributed by atoms with E-state index in [0.29, 0.717) is 5.92 Å². The fourth-order valence-electron chi connectivity index (χ4n) is 1.58. The van der Waals surface area contributed by atoms with Crippen molar-refractivity contribution in [1.29, 1.82) is 0 Å². The minimum absolute atomic E-state index is 0.255. The third kappa shape index (κ3) is 3.62. The standard InChI is InChI=1S/C14H18N2OS/c1-12(9-17)10-18-11-13-7-8-16(15-13)14-5-3-2-4-6-14/h2-8,12,17H,9-11H2,1H3. The molecule has 1 N–H and O–H groups in total. The Morgan fingerprint density at radius 1 is 1.28 bits per heavy atom. The van der Waals surface area contributed by atoms with E-state index in [0.717, 1.165) is 22.9 Å². The van der Waals surface area contributed by atoms with E-state index in [1.54, 1.807) is 0 Å². The van der Waals surface area contributed by atoms with E-state index in [1.165, 1.54) is 0 Å². The van der Waals surface area contributed by atoms with Gasteiger partial charge in [-0.1, -0.05) is 25.1 Å². The molecule has 96 valence electrons. The number of aliphatic hydroxyl groups is 1. The third-order valence-corrected chi connectivity index (χ3v) is 3.93. The van der Waals surface area contributed by atoms with Gasteiger partial charge >= 0.3 is 0 Å². The first-order valence-electron chi connectivity index (χ1n) is 6.08. The lowest BCUT2D eigenvalue weighted by molar-refractivity contribution is 0.250. The largest absolute Gasteiger partial charge is 0.396 e. The predicted molar refractivity (Wildman–Crippen MR) is 76.0 cm³/mol. The lowest BCUT2D eigenvalue weighted by Gasteiger charge is -2.05. The van der Waals surface area contributed by atoms with Crippen LogP contribution in [0.25, 0.3) is 5.69 Å². The van der Waals surface area contributed by atoms with Crippen molar-refractivity contribution >= 4 is 11.8 Å². The quantitative estimate of drug-likeness (QED) is 0.870. The summed E-state index contributed by atoms with van der Waals surface area (Å²) in [4.78, 5) is 0. The fraction of sp³-hybridized carbons (Fsp3) is 0.357. The van der Waals surface area contributed by atoms with Crippen LogP contribution in [-0.4, -0.2) is 27.2 Å². The average molecular weight is 262 g/mol. The van der Waals surface area contributed by atoms with Crippen LogP contribution in [-0.2, 0) is 5.75 Å². The number of hydrogen-bond donors (Lipinski definition) is 1. The molecule has 0 saturated carbocycles. The molecule has 18 heavy (non-hydrogen) atoms. The zero-order valence-electron chi connectivity index (χ0n) is 10.5. The smallest absolute Gasteiger partial charge is 0.0727 e. The van der Waals surface area contributed by atoms with Crippen LogP contribution in [0.5, 0.6) is 0 Å². The third-order valence-electron chi connectivity index (χ3n) is 2.63. The van der Waals surface area contributed by atoms with Gasteiger partial charge in [-0.05, 0) is 29.9 Å². The Hall–Kier alpha value is -1.26. The Balaban J connectivity index is 1.91. The number of thioether (sulfide) groups is 1. The van der Waals surface area contributed by atoms with Crippen molar-refractivity contribution in [2.75, 3.05) is 12.4 Å². The van der Waals surface area contributed by atoms with Crippen molar-refractivity contribution in [3.8, 4) is 5.69 Å². The molecule has 4 heteroatoms. The monoisotopic (exact) mass is 262 g/mol. The van der Waals surface area contributed by atoms with Crippen molar-refractivity contribution in [2.45, 2.75) is 12.7 Å². The van der Waals surface area contributed by atoms with Crippen molar-refractivity contribution in [2.24, 2.45) is 5.92 Å². The molecule has 1 atom stereocenters. The van der Waals surface area contributed by atoms with E-state index < -0.39 is 0 Å². The number of rotatable bonds is 6. The van der Waals surface area contributed by atoms with Crippen LogP contribution in [0.4, 0.5) is 0 Å². The van der Waals surface area contributed by atoms with Crippen molar-refractivity contribution in [3.63, 3.8) is 0 Å². The maximum absolute atomic E-state index is 8.95. The Bertz CT molecular complexity index is 470.